The second-order valence-electron chi connectivity index (χ2n) is 5.43. The lowest BCUT2D eigenvalue weighted by Crippen LogP contribution is -2.45. The number of likely N-dealkylation sites (tertiary alicyclic amines) is 1. The van der Waals surface area contributed by atoms with Crippen LogP contribution in [-0.2, 0) is 9.47 Å². The van der Waals surface area contributed by atoms with Crippen LogP contribution in [0.25, 0.3) is 0 Å². The molecule has 0 radical (unpaired) electrons. The number of rotatable bonds is 5. The van der Waals surface area contributed by atoms with Gasteiger partial charge in [0, 0.05) is 32.3 Å². The Hall–Kier alpha value is -0.810. The van der Waals surface area contributed by atoms with Crippen LogP contribution in [0.4, 0.5) is 4.79 Å². The van der Waals surface area contributed by atoms with Crippen molar-refractivity contribution < 1.29 is 14.3 Å². The molecular weight excluding hydrogens is 244 g/mol. The highest BCUT2D eigenvalue weighted by molar-refractivity contribution is 5.67. The molecule has 0 bridgehead atoms. The van der Waals surface area contributed by atoms with Gasteiger partial charge in [-0.25, -0.2) is 4.79 Å². The molecule has 0 saturated carbocycles. The van der Waals surface area contributed by atoms with Gasteiger partial charge in [-0.1, -0.05) is 0 Å². The van der Waals surface area contributed by atoms with E-state index in [1.54, 1.807) is 0 Å². The van der Waals surface area contributed by atoms with E-state index in [2.05, 4.69) is 5.32 Å². The van der Waals surface area contributed by atoms with Gasteiger partial charge in [0.05, 0.1) is 6.61 Å². The van der Waals surface area contributed by atoms with Crippen molar-refractivity contribution in [1.29, 1.82) is 0 Å². The third kappa shape index (κ3) is 4.66. The molecule has 2 aliphatic heterocycles. The maximum Gasteiger partial charge on any atom is 0.409 e. The zero-order valence-corrected chi connectivity index (χ0v) is 11.9. The molecule has 2 heterocycles. The summed E-state index contributed by atoms with van der Waals surface area (Å²) in [5.74, 6) is 0.743. The zero-order valence-electron chi connectivity index (χ0n) is 11.9. The van der Waals surface area contributed by atoms with Crippen molar-refractivity contribution in [3.63, 3.8) is 0 Å². The number of piperidine rings is 1. The molecule has 0 aromatic carbocycles. The quantitative estimate of drug-likeness (QED) is 0.825. The minimum Gasteiger partial charge on any atom is -0.450 e. The summed E-state index contributed by atoms with van der Waals surface area (Å²) < 4.78 is 10.4. The Morgan fingerprint density at radius 2 is 2.16 bits per heavy atom. The fraction of sp³-hybridized carbons (Fsp3) is 0.929. The van der Waals surface area contributed by atoms with E-state index in [-0.39, 0.29) is 6.09 Å². The number of carbonyl (C=O) groups excluding carboxylic acids is 1. The number of amides is 1. The predicted molar refractivity (Wildman–Crippen MR) is 73.2 cm³/mol. The molecule has 0 aromatic heterocycles. The first-order valence-electron chi connectivity index (χ1n) is 7.52. The molecule has 110 valence electrons. The van der Waals surface area contributed by atoms with E-state index in [0.29, 0.717) is 12.6 Å². The highest BCUT2D eigenvalue weighted by atomic mass is 16.6. The fourth-order valence-corrected chi connectivity index (χ4v) is 2.78. The van der Waals surface area contributed by atoms with E-state index in [4.69, 9.17) is 9.47 Å². The Labute approximate surface area is 115 Å². The molecule has 2 aliphatic rings. The Morgan fingerprint density at radius 1 is 1.37 bits per heavy atom. The molecule has 2 saturated heterocycles. The molecule has 2 rings (SSSR count). The molecule has 5 nitrogen and oxygen atoms in total. The van der Waals surface area contributed by atoms with E-state index in [1.165, 1.54) is 12.8 Å². The van der Waals surface area contributed by atoms with Gasteiger partial charge < -0.3 is 19.7 Å². The first kappa shape index (κ1) is 14.6. The average molecular weight is 270 g/mol. The van der Waals surface area contributed by atoms with Crippen molar-refractivity contribution in [3.05, 3.63) is 0 Å². The molecule has 1 amide bonds. The topological polar surface area (TPSA) is 50.8 Å². The van der Waals surface area contributed by atoms with Crippen LogP contribution in [-0.4, -0.2) is 56.5 Å². The lowest BCUT2D eigenvalue weighted by molar-refractivity contribution is 0.0950. The van der Waals surface area contributed by atoms with Gasteiger partial charge in [0.15, 0.2) is 0 Å². The van der Waals surface area contributed by atoms with Crippen LogP contribution < -0.4 is 5.32 Å². The van der Waals surface area contributed by atoms with E-state index >= 15 is 0 Å². The summed E-state index contributed by atoms with van der Waals surface area (Å²) in [4.78, 5) is 13.4. The number of ether oxygens (including phenoxy) is 2. The van der Waals surface area contributed by atoms with Crippen molar-refractivity contribution >= 4 is 6.09 Å². The predicted octanol–water partition coefficient (Wildman–Crippen LogP) is 1.62. The van der Waals surface area contributed by atoms with Gasteiger partial charge in [-0.15, -0.1) is 0 Å². The van der Waals surface area contributed by atoms with Gasteiger partial charge in [-0.3, -0.25) is 0 Å². The van der Waals surface area contributed by atoms with Crippen LogP contribution in [0.15, 0.2) is 0 Å². The standard InChI is InChI=1S/C14H26N2O3/c1-2-19-14(17)16-8-4-13(5-9-16)15-7-3-12-6-10-18-11-12/h12-13,15H,2-11H2,1H3. The number of nitrogens with one attached hydrogen (secondary N) is 1. The molecule has 5 heteroatoms. The first-order valence-corrected chi connectivity index (χ1v) is 7.52. The number of hydrogen-bond acceptors (Lipinski definition) is 4. The highest BCUT2D eigenvalue weighted by Gasteiger charge is 2.23. The summed E-state index contributed by atoms with van der Waals surface area (Å²) in [6.07, 6.45) is 4.31. The van der Waals surface area contributed by atoms with Gasteiger partial charge >= 0.3 is 6.09 Å². The SMILES string of the molecule is CCOC(=O)N1CCC(NCCC2CCOC2)CC1. The van der Waals surface area contributed by atoms with E-state index in [1.807, 2.05) is 11.8 Å². The fourth-order valence-electron chi connectivity index (χ4n) is 2.78. The molecule has 2 fully saturated rings. The van der Waals surface area contributed by atoms with Crippen molar-refractivity contribution in [2.45, 2.75) is 38.6 Å². The van der Waals surface area contributed by atoms with Gasteiger partial charge in [0.25, 0.3) is 0 Å². The first-order chi connectivity index (χ1) is 9.29. The third-order valence-electron chi connectivity index (χ3n) is 4.03. The monoisotopic (exact) mass is 270 g/mol. The Bertz CT molecular complexity index is 272. The molecule has 19 heavy (non-hydrogen) atoms. The molecular formula is C14H26N2O3. The zero-order chi connectivity index (χ0) is 13.5. The smallest absolute Gasteiger partial charge is 0.409 e. The van der Waals surface area contributed by atoms with Crippen molar-refractivity contribution in [2.75, 3.05) is 39.5 Å². The maximum atomic E-state index is 11.6. The normalized spacial score (nSPS) is 24.7. The number of carbonyl (C=O) groups is 1. The highest BCUT2D eigenvalue weighted by Crippen LogP contribution is 2.16. The largest absolute Gasteiger partial charge is 0.450 e. The van der Waals surface area contributed by atoms with Crippen LogP contribution in [0.1, 0.15) is 32.6 Å². The summed E-state index contributed by atoms with van der Waals surface area (Å²) in [5, 5.41) is 3.61. The van der Waals surface area contributed by atoms with Crippen molar-refractivity contribution in [2.24, 2.45) is 5.92 Å². The molecule has 0 spiro atoms. The summed E-state index contributed by atoms with van der Waals surface area (Å²) in [6, 6.07) is 0.549. The van der Waals surface area contributed by atoms with Crippen LogP contribution in [0.2, 0.25) is 0 Å². The number of hydrogen-bond donors (Lipinski definition) is 1. The second kappa shape index (κ2) is 7.70. The van der Waals surface area contributed by atoms with Crippen LogP contribution >= 0.6 is 0 Å². The minimum atomic E-state index is -0.163. The van der Waals surface area contributed by atoms with Gasteiger partial charge in [0.2, 0.25) is 0 Å². The third-order valence-corrected chi connectivity index (χ3v) is 4.03. The van der Waals surface area contributed by atoms with Crippen LogP contribution in [0.5, 0.6) is 0 Å². The van der Waals surface area contributed by atoms with E-state index < -0.39 is 0 Å². The van der Waals surface area contributed by atoms with Crippen LogP contribution in [0, 0.1) is 5.92 Å². The van der Waals surface area contributed by atoms with Crippen LogP contribution in [0.3, 0.4) is 0 Å². The molecule has 1 unspecified atom stereocenters. The van der Waals surface area contributed by atoms with E-state index in [9.17, 15) is 4.79 Å². The van der Waals surface area contributed by atoms with Crippen molar-refractivity contribution in [1.82, 2.24) is 10.2 Å². The molecule has 0 aliphatic carbocycles. The van der Waals surface area contributed by atoms with Crippen molar-refractivity contribution in [3.8, 4) is 0 Å². The summed E-state index contributed by atoms with van der Waals surface area (Å²) in [7, 11) is 0. The lowest BCUT2D eigenvalue weighted by atomic mass is 10.0. The number of nitrogens with zero attached hydrogens (tertiary/aromatic N) is 1. The summed E-state index contributed by atoms with van der Waals surface area (Å²) in [5.41, 5.74) is 0. The Morgan fingerprint density at radius 3 is 2.79 bits per heavy atom. The maximum absolute atomic E-state index is 11.6. The molecule has 0 aromatic rings. The second-order valence-corrected chi connectivity index (χ2v) is 5.43. The summed E-state index contributed by atoms with van der Waals surface area (Å²) in [6.45, 7) is 6.86. The van der Waals surface area contributed by atoms with Gasteiger partial charge in [0.1, 0.15) is 0 Å². The Balaban J connectivity index is 1.56. The summed E-state index contributed by atoms with van der Waals surface area (Å²) >= 11 is 0. The van der Waals surface area contributed by atoms with E-state index in [0.717, 1.165) is 51.6 Å². The minimum absolute atomic E-state index is 0.163. The lowest BCUT2D eigenvalue weighted by Gasteiger charge is -2.31. The van der Waals surface area contributed by atoms with Gasteiger partial charge in [-0.05, 0) is 45.1 Å². The average Bonchev–Trinajstić information content (AvgIpc) is 2.93. The molecule has 1 N–H and O–H groups in total. The Kier molecular flexibility index (Phi) is 5.92. The molecule has 1 atom stereocenters. The van der Waals surface area contributed by atoms with Gasteiger partial charge in [-0.2, -0.15) is 0 Å².